The molecule has 0 spiro atoms. The van der Waals surface area contributed by atoms with Crippen molar-refractivity contribution in [2.45, 2.75) is 6.54 Å². The van der Waals surface area contributed by atoms with E-state index in [9.17, 15) is 9.18 Å². The molecule has 0 aliphatic rings. The minimum Gasteiger partial charge on any atom is -0.497 e. The predicted molar refractivity (Wildman–Crippen MR) is 116 cm³/mol. The molecule has 0 aliphatic heterocycles. The van der Waals surface area contributed by atoms with E-state index in [0.29, 0.717) is 27.9 Å². The minimum atomic E-state index is -0.408. The van der Waals surface area contributed by atoms with Crippen LogP contribution in [0.2, 0.25) is 0 Å². The Morgan fingerprint density at radius 2 is 1.80 bits per heavy atom. The largest absolute Gasteiger partial charge is 0.497 e. The second kappa shape index (κ2) is 8.92. The molecule has 4 rings (SSSR count). The van der Waals surface area contributed by atoms with Gasteiger partial charge in [0.25, 0.3) is 5.91 Å². The number of amides is 1. The molecule has 30 heavy (non-hydrogen) atoms. The van der Waals surface area contributed by atoms with Gasteiger partial charge in [-0.1, -0.05) is 53.8 Å². The van der Waals surface area contributed by atoms with Gasteiger partial charge >= 0.3 is 0 Å². The van der Waals surface area contributed by atoms with Gasteiger partial charge in [-0.05, 0) is 29.8 Å². The summed E-state index contributed by atoms with van der Waals surface area (Å²) >= 11 is 1.27. The number of methoxy groups -OCH3 is 1. The number of carbonyl (C=O) groups excluding carboxylic acids is 1. The average Bonchev–Trinajstić information content (AvgIpc) is 3.22. The van der Waals surface area contributed by atoms with Crippen LogP contribution in [0.1, 0.15) is 5.56 Å². The van der Waals surface area contributed by atoms with Crippen LogP contribution >= 0.6 is 11.3 Å². The summed E-state index contributed by atoms with van der Waals surface area (Å²) < 4.78 is 25.7. The maximum atomic E-state index is 14.1. The van der Waals surface area contributed by atoms with Gasteiger partial charge in [0.1, 0.15) is 22.8 Å². The second-order valence-electron chi connectivity index (χ2n) is 6.52. The lowest BCUT2D eigenvalue weighted by Crippen LogP contribution is -2.34. The van der Waals surface area contributed by atoms with Gasteiger partial charge in [0.2, 0.25) is 0 Å². The summed E-state index contributed by atoms with van der Waals surface area (Å²) in [5.74, 6) is 0.483. The molecule has 1 aromatic heterocycles. The van der Waals surface area contributed by atoms with Crippen molar-refractivity contribution in [2.75, 3.05) is 18.6 Å². The highest BCUT2D eigenvalue weighted by molar-refractivity contribution is 7.22. The fourth-order valence-electron chi connectivity index (χ4n) is 2.96. The van der Waals surface area contributed by atoms with E-state index in [0.717, 1.165) is 5.56 Å². The molecule has 1 heterocycles. The van der Waals surface area contributed by atoms with E-state index < -0.39 is 5.82 Å². The van der Waals surface area contributed by atoms with Gasteiger partial charge in [-0.15, -0.1) is 0 Å². The maximum Gasteiger partial charge on any atom is 0.267 e. The number of para-hydroxylation sites is 1. The van der Waals surface area contributed by atoms with Gasteiger partial charge in [0.05, 0.1) is 18.4 Å². The molecule has 152 valence electrons. The minimum absolute atomic E-state index is 0.182. The number of fused-ring (bicyclic) bond motifs is 1. The second-order valence-corrected chi connectivity index (χ2v) is 7.53. The topological polar surface area (TPSA) is 51.7 Å². The quantitative estimate of drug-likeness (QED) is 0.418. The van der Waals surface area contributed by atoms with Crippen LogP contribution < -0.4 is 14.4 Å². The molecule has 0 fully saturated rings. The van der Waals surface area contributed by atoms with Gasteiger partial charge < -0.3 is 9.47 Å². The van der Waals surface area contributed by atoms with Gasteiger partial charge in [-0.2, -0.15) is 0 Å². The Labute approximate surface area is 177 Å². The smallest absolute Gasteiger partial charge is 0.267 e. The normalized spacial score (nSPS) is 10.7. The first-order chi connectivity index (χ1) is 14.6. The lowest BCUT2D eigenvalue weighted by molar-refractivity contribution is -0.120. The number of thiazole rings is 1. The van der Waals surface area contributed by atoms with Crippen LogP contribution in [0.4, 0.5) is 9.52 Å². The molecule has 3 aromatic carbocycles. The average molecular weight is 422 g/mol. The number of ether oxygens (including phenoxy) is 2. The molecule has 0 N–H and O–H groups in total. The number of nitrogens with zero attached hydrogens (tertiary/aromatic N) is 2. The Kier molecular flexibility index (Phi) is 5.90. The molecule has 0 bridgehead atoms. The number of carbonyl (C=O) groups is 1. The highest BCUT2D eigenvalue weighted by Gasteiger charge is 2.22. The summed E-state index contributed by atoms with van der Waals surface area (Å²) in [5.41, 5.74) is 1.20. The van der Waals surface area contributed by atoms with E-state index in [1.54, 1.807) is 43.5 Å². The first-order valence-electron chi connectivity index (χ1n) is 9.30. The highest BCUT2D eigenvalue weighted by Crippen LogP contribution is 2.31. The molecule has 0 aliphatic carbocycles. The first kappa shape index (κ1) is 19.8. The fourth-order valence-corrected chi connectivity index (χ4v) is 3.96. The SMILES string of the molecule is COc1cccc(OCC(=O)N(Cc2ccccc2)c2nc3c(F)cccc3s2)c1. The van der Waals surface area contributed by atoms with E-state index in [1.807, 2.05) is 30.3 Å². The van der Waals surface area contributed by atoms with Crippen molar-refractivity contribution in [1.29, 1.82) is 0 Å². The molecule has 0 radical (unpaired) electrons. The Hall–Kier alpha value is -3.45. The summed E-state index contributed by atoms with van der Waals surface area (Å²) in [6.45, 7) is 0.126. The molecule has 1 amide bonds. The van der Waals surface area contributed by atoms with E-state index in [4.69, 9.17) is 9.47 Å². The van der Waals surface area contributed by atoms with Crippen molar-refractivity contribution in [2.24, 2.45) is 0 Å². The third kappa shape index (κ3) is 4.41. The summed E-state index contributed by atoms with van der Waals surface area (Å²) in [5, 5.41) is 0.429. The van der Waals surface area contributed by atoms with E-state index in [1.165, 1.54) is 22.3 Å². The lowest BCUT2D eigenvalue weighted by atomic mass is 10.2. The molecule has 0 saturated heterocycles. The van der Waals surface area contributed by atoms with E-state index in [2.05, 4.69) is 4.98 Å². The Morgan fingerprint density at radius 3 is 2.57 bits per heavy atom. The Morgan fingerprint density at radius 1 is 1.03 bits per heavy atom. The third-order valence-electron chi connectivity index (χ3n) is 4.48. The third-order valence-corrected chi connectivity index (χ3v) is 5.52. The number of rotatable bonds is 7. The van der Waals surface area contributed by atoms with Crippen LogP contribution in [0.5, 0.6) is 11.5 Å². The van der Waals surface area contributed by atoms with Crippen molar-refractivity contribution in [3.05, 3.63) is 84.2 Å². The zero-order valence-electron chi connectivity index (χ0n) is 16.2. The highest BCUT2D eigenvalue weighted by atomic mass is 32.1. The maximum absolute atomic E-state index is 14.1. The van der Waals surface area contributed by atoms with Gasteiger partial charge in [0.15, 0.2) is 11.7 Å². The van der Waals surface area contributed by atoms with Crippen LogP contribution in [0.25, 0.3) is 10.2 Å². The predicted octanol–water partition coefficient (Wildman–Crippen LogP) is 5.06. The molecular formula is C23H19FN2O3S. The van der Waals surface area contributed by atoms with Crippen molar-refractivity contribution in [3.8, 4) is 11.5 Å². The molecule has 4 aromatic rings. The zero-order valence-corrected chi connectivity index (χ0v) is 17.1. The van der Waals surface area contributed by atoms with E-state index in [-0.39, 0.29) is 18.0 Å². The number of halogens is 1. The lowest BCUT2D eigenvalue weighted by Gasteiger charge is -2.20. The standard InChI is InChI=1S/C23H19FN2O3S/c1-28-17-9-5-10-18(13-17)29-15-21(27)26(14-16-7-3-2-4-8-16)23-25-22-19(24)11-6-12-20(22)30-23/h2-13H,14-15H2,1H3. The number of anilines is 1. The van der Waals surface area contributed by atoms with Crippen LogP contribution in [0.15, 0.2) is 72.8 Å². The van der Waals surface area contributed by atoms with Crippen molar-refractivity contribution in [3.63, 3.8) is 0 Å². The Bertz CT molecular complexity index is 1160. The van der Waals surface area contributed by atoms with Crippen LogP contribution in [0.3, 0.4) is 0 Å². The van der Waals surface area contributed by atoms with Gasteiger partial charge in [0, 0.05) is 6.07 Å². The zero-order chi connectivity index (χ0) is 20.9. The monoisotopic (exact) mass is 422 g/mol. The van der Waals surface area contributed by atoms with Crippen molar-refractivity contribution in [1.82, 2.24) is 4.98 Å². The molecule has 0 unspecified atom stereocenters. The van der Waals surface area contributed by atoms with Crippen LogP contribution in [0, 0.1) is 5.82 Å². The van der Waals surface area contributed by atoms with Gasteiger partial charge in [-0.25, -0.2) is 9.37 Å². The number of benzene rings is 3. The summed E-state index contributed by atoms with van der Waals surface area (Å²) in [4.78, 5) is 19.0. The first-order valence-corrected chi connectivity index (χ1v) is 10.1. The summed E-state index contributed by atoms with van der Waals surface area (Å²) in [6, 6.07) is 21.4. The number of hydrogen-bond donors (Lipinski definition) is 0. The summed E-state index contributed by atoms with van der Waals surface area (Å²) in [7, 11) is 1.57. The van der Waals surface area contributed by atoms with Gasteiger partial charge in [-0.3, -0.25) is 9.69 Å². The molecule has 0 saturated carbocycles. The summed E-state index contributed by atoms with van der Waals surface area (Å²) in [6.07, 6.45) is 0. The van der Waals surface area contributed by atoms with Crippen molar-refractivity contribution >= 4 is 32.6 Å². The molecule has 7 heteroatoms. The van der Waals surface area contributed by atoms with Crippen LogP contribution in [-0.4, -0.2) is 24.6 Å². The molecule has 0 atom stereocenters. The molecule has 5 nitrogen and oxygen atoms in total. The van der Waals surface area contributed by atoms with Crippen molar-refractivity contribution < 1.29 is 18.7 Å². The van der Waals surface area contributed by atoms with Crippen LogP contribution in [-0.2, 0) is 11.3 Å². The number of hydrogen-bond acceptors (Lipinski definition) is 5. The van der Waals surface area contributed by atoms with E-state index >= 15 is 0 Å². The number of aromatic nitrogens is 1. The fraction of sp³-hybridized carbons (Fsp3) is 0.130. The molecular weight excluding hydrogens is 403 g/mol. The Balaban J connectivity index is 1.60.